The highest BCUT2D eigenvalue weighted by Crippen LogP contribution is 2.54. The summed E-state index contributed by atoms with van der Waals surface area (Å²) in [5.41, 5.74) is -7.44. The summed E-state index contributed by atoms with van der Waals surface area (Å²) in [6.07, 6.45) is -12.6. The summed E-state index contributed by atoms with van der Waals surface area (Å²) in [5, 5.41) is 0. The van der Waals surface area contributed by atoms with Crippen LogP contribution in [-0.4, -0.2) is 50.8 Å². The van der Waals surface area contributed by atoms with Gasteiger partial charge in [0.05, 0.1) is 7.11 Å². The molecule has 0 bridgehead atoms. The van der Waals surface area contributed by atoms with Crippen LogP contribution in [0.4, 0.5) is 42.1 Å². The van der Waals surface area contributed by atoms with Gasteiger partial charge < -0.3 is 9.64 Å². The summed E-state index contributed by atoms with van der Waals surface area (Å²) in [5.74, 6) is -2.08. The molecule has 0 unspecified atom stereocenters. The Labute approximate surface area is 236 Å². The van der Waals surface area contributed by atoms with Crippen molar-refractivity contribution in [3.63, 3.8) is 0 Å². The van der Waals surface area contributed by atoms with Gasteiger partial charge in [0.25, 0.3) is 11.8 Å². The van der Waals surface area contributed by atoms with Gasteiger partial charge >= 0.3 is 24.0 Å². The molecule has 3 aromatic rings. The van der Waals surface area contributed by atoms with Gasteiger partial charge in [-0.1, -0.05) is 36.4 Å². The van der Waals surface area contributed by atoms with Crippen LogP contribution in [0.3, 0.4) is 0 Å². The highest BCUT2D eigenvalue weighted by Gasteiger charge is 2.73. The van der Waals surface area contributed by atoms with Crippen LogP contribution in [0.25, 0.3) is 0 Å². The van der Waals surface area contributed by atoms with Gasteiger partial charge in [0.1, 0.15) is 6.54 Å². The Morgan fingerprint density at radius 3 is 1.76 bits per heavy atom. The first-order chi connectivity index (χ1) is 19.4. The Kier molecular flexibility index (Phi) is 9.04. The van der Waals surface area contributed by atoms with E-state index in [1.165, 1.54) is 43.4 Å². The third kappa shape index (κ3) is 6.09. The van der Waals surface area contributed by atoms with Gasteiger partial charge in [0, 0.05) is 35.1 Å². The van der Waals surface area contributed by atoms with Crippen LogP contribution >= 0.6 is 0 Å². The van der Waals surface area contributed by atoms with Crippen molar-refractivity contribution in [2.75, 3.05) is 30.5 Å². The Morgan fingerprint density at radius 1 is 0.738 bits per heavy atom. The smallest absolute Gasteiger partial charge is 0.435 e. The second-order valence-corrected chi connectivity index (χ2v) is 9.36. The number of rotatable bonds is 7. The van der Waals surface area contributed by atoms with Gasteiger partial charge in [-0.25, -0.2) is 4.39 Å². The maximum atomic E-state index is 14.7. The van der Waals surface area contributed by atoms with Crippen molar-refractivity contribution >= 4 is 29.2 Å². The molecular weight excluding hydrogens is 573 g/mol. The van der Waals surface area contributed by atoms with Crippen molar-refractivity contribution in [2.45, 2.75) is 31.9 Å². The number of benzene rings is 3. The van der Waals surface area contributed by atoms with Crippen LogP contribution in [0.5, 0.6) is 0 Å². The molecule has 0 aromatic heterocycles. The summed E-state index contributed by atoms with van der Waals surface area (Å²) in [7, 11) is 2.37. The van der Waals surface area contributed by atoms with Crippen LogP contribution in [0.15, 0.2) is 66.7 Å². The number of carbonyl (C=O) groups is 3. The zero-order valence-electron chi connectivity index (χ0n) is 22.7. The summed E-state index contributed by atoms with van der Waals surface area (Å²) in [4.78, 5) is 40.8. The molecule has 3 aromatic carbocycles. The number of nitrogens with zero attached hydrogens (tertiary/aromatic N) is 2. The monoisotopic (exact) mass is 598 g/mol. The van der Waals surface area contributed by atoms with Crippen LogP contribution in [-0.2, 0) is 15.2 Å². The topological polar surface area (TPSA) is 66.9 Å². The predicted molar refractivity (Wildman–Crippen MR) is 140 cm³/mol. The third-order valence-corrected chi connectivity index (χ3v) is 6.50. The molecule has 0 radical (unpaired) electrons. The van der Waals surface area contributed by atoms with Crippen LogP contribution in [0, 0.1) is 13.8 Å². The lowest BCUT2D eigenvalue weighted by Crippen LogP contribution is -2.50. The van der Waals surface area contributed by atoms with Crippen molar-refractivity contribution < 1.29 is 49.9 Å². The van der Waals surface area contributed by atoms with E-state index in [0.717, 1.165) is 30.8 Å². The number of hydrogen-bond donors (Lipinski definition) is 0. The second-order valence-electron chi connectivity index (χ2n) is 9.36. The zero-order chi connectivity index (χ0) is 31.6. The lowest BCUT2D eigenvalue weighted by atomic mass is 9.90. The minimum absolute atomic E-state index is 0.0287. The van der Waals surface area contributed by atoms with Crippen LogP contribution in [0.2, 0.25) is 0 Å². The SMILES string of the molecule is COC(=O)CN(C(=O)c1ccccc1)c1cccc(C(=O)N(C)c2c(C)cc(C(F)(C(F)(F)F)C(F)(F)F)cc2C)c1. The normalized spacial score (nSPS) is 12.1. The second kappa shape index (κ2) is 11.8. The van der Waals surface area contributed by atoms with Crippen molar-refractivity contribution in [3.8, 4) is 0 Å². The summed E-state index contributed by atoms with van der Waals surface area (Å²) < 4.78 is 99.2. The quantitative estimate of drug-likeness (QED) is 0.225. The number of anilines is 2. The number of amides is 2. The van der Waals surface area contributed by atoms with Crippen molar-refractivity contribution in [2.24, 2.45) is 0 Å². The zero-order valence-corrected chi connectivity index (χ0v) is 22.7. The van der Waals surface area contributed by atoms with E-state index in [2.05, 4.69) is 4.74 Å². The fraction of sp³-hybridized carbons (Fsp3) is 0.276. The van der Waals surface area contributed by atoms with E-state index >= 15 is 0 Å². The molecule has 0 saturated carbocycles. The average molecular weight is 599 g/mol. The molecule has 2 amide bonds. The van der Waals surface area contributed by atoms with Crippen molar-refractivity contribution in [1.82, 2.24) is 0 Å². The number of esters is 1. The molecule has 0 saturated heterocycles. The lowest BCUT2D eigenvalue weighted by Gasteiger charge is -2.32. The number of ether oxygens (including phenoxy) is 1. The van der Waals surface area contributed by atoms with E-state index in [1.807, 2.05) is 0 Å². The van der Waals surface area contributed by atoms with Gasteiger partial charge in [-0.05, 0) is 55.3 Å². The minimum Gasteiger partial charge on any atom is -0.468 e. The fourth-order valence-corrected chi connectivity index (χ4v) is 4.48. The molecule has 0 aliphatic heterocycles. The molecular formula is C29H25F7N2O4. The molecule has 0 atom stereocenters. The Balaban J connectivity index is 2.03. The third-order valence-electron chi connectivity index (χ3n) is 6.50. The summed E-state index contributed by atoms with van der Waals surface area (Å²) in [6.45, 7) is 1.80. The Bertz CT molecular complexity index is 1450. The maximum absolute atomic E-state index is 14.7. The highest BCUT2D eigenvalue weighted by atomic mass is 19.4. The highest BCUT2D eigenvalue weighted by molar-refractivity contribution is 6.10. The fourth-order valence-electron chi connectivity index (χ4n) is 4.48. The minimum atomic E-state index is -6.29. The summed E-state index contributed by atoms with van der Waals surface area (Å²) >= 11 is 0. The standard InChI is InChI=1S/C29H25F7N2O4/c1-17-13-21(27(30,28(31,32)33)29(34,35)36)14-18(2)24(17)37(3)25(40)20-11-8-12-22(15-20)38(16-23(39)42-4)26(41)19-9-6-5-7-10-19/h5-15H,16H2,1-4H3. The van der Waals surface area contributed by atoms with E-state index in [0.29, 0.717) is 12.1 Å². The molecule has 224 valence electrons. The number of halogens is 7. The number of hydrogen-bond acceptors (Lipinski definition) is 4. The molecule has 6 nitrogen and oxygen atoms in total. The number of alkyl halides is 7. The van der Waals surface area contributed by atoms with Crippen LogP contribution < -0.4 is 9.80 Å². The van der Waals surface area contributed by atoms with E-state index in [9.17, 15) is 45.1 Å². The largest absolute Gasteiger partial charge is 0.468 e. The van der Waals surface area contributed by atoms with E-state index in [-0.39, 0.29) is 33.6 Å². The average Bonchev–Trinajstić information content (AvgIpc) is 2.93. The molecule has 13 heteroatoms. The van der Waals surface area contributed by atoms with E-state index in [1.54, 1.807) is 18.2 Å². The van der Waals surface area contributed by atoms with Gasteiger partial charge in [-0.3, -0.25) is 19.3 Å². The first-order valence-corrected chi connectivity index (χ1v) is 12.2. The number of aryl methyl sites for hydroxylation is 2. The molecule has 0 fully saturated rings. The van der Waals surface area contributed by atoms with Gasteiger partial charge in [-0.2, -0.15) is 26.3 Å². The first kappa shape index (κ1) is 32.1. The molecule has 0 heterocycles. The first-order valence-electron chi connectivity index (χ1n) is 12.2. The predicted octanol–water partition coefficient (Wildman–Crippen LogP) is 6.69. The maximum Gasteiger partial charge on any atom is 0.435 e. The van der Waals surface area contributed by atoms with E-state index in [4.69, 9.17) is 0 Å². The van der Waals surface area contributed by atoms with E-state index < -0.39 is 47.9 Å². The van der Waals surface area contributed by atoms with Gasteiger partial charge in [-0.15, -0.1) is 0 Å². The summed E-state index contributed by atoms with van der Waals surface area (Å²) in [6, 6.07) is 14.3. The molecule has 3 rings (SSSR count). The Morgan fingerprint density at radius 2 is 1.26 bits per heavy atom. The molecule has 0 N–H and O–H groups in total. The van der Waals surface area contributed by atoms with Crippen molar-refractivity contribution in [3.05, 3.63) is 94.5 Å². The van der Waals surface area contributed by atoms with Gasteiger partial charge in [0.15, 0.2) is 0 Å². The Hall–Kier alpha value is -4.42. The number of methoxy groups -OCH3 is 1. The number of carbonyl (C=O) groups excluding carboxylic acids is 3. The molecule has 0 aliphatic rings. The lowest BCUT2D eigenvalue weighted by molar-refractivity contribution is -0.348. The van der Waals surface area contributed by atoms with Crippen LogP contribution in [0.1, 0.15) is 37.4 Å². The van der Waals surface area contributed by atoms with Gasteiger partial charge in [0.2, 0.25) is 0 Å². The molecule has 0 spiro atoms. The molecule has 42 heavy (non-hydrogen) atoms. The molecule has 0 aliphatic carbocycles. The van der Waals surface area contributed by atoms with Crippen molar-refractivity contribution in [1.29, 1.82) is 0 Å².